The van der Waals surface area contributed by atoms with Gasteiger partial charge in [-0.15, -0.1) is 11.3 Å². The number of anilines is 1. The number of rotatable bonds is 5. The summed E-state index contributed by atoms with van der Waals surface area (Å²) in [6.45, 7) is 1.24. The summed E-state index contributed by atoms with van der Waals surface area (Å²) in [6.07, 6.45) is 1.48. The van der Waals surface area contributed by atoms with Gasteiger partial charge >= 0.3 is 5.92 Å². The van der Waals surface area contributed by atoms with Gasteiger partial charge in [0.15, 0.2) is 0 Å². The van der Waals surface area contributed by atoms with Gasteiger partial charge < -0.3 is 9.42 Å². The monoisotopic (exact) mass is 340 g/mol. The second kappa shape index (κ2) is 5.69. The fourth-order valence-corrected chi connectivity index (χ4v) is 2.86. The van der Waals surface area contributed by atoms with E-state index in [0.717, 1.165) is 17.7 Å². The summed E-state index contributed by atoms with van der Waals surface area (Å²) in [5.74, 6) is -2.95. The normalized spacial score (nSPS) is 11.9. The van der Waals surface area contributed by atoms with E-state index in [4.69, 9.17) is 0 Å². The molecule has 0 fully saturated rings. The molecule has 3 aromatic heterocycles. The maximum absolute atomic E-state index is 13.1. The summed E-state index contributed by atoms with van der Waals surface area (Å²) in [6, 6.07) is 3.65. The summed E-state index contributed by atoms with van der Waals surface area (Å²) >= 11 is 1.39. The molecule has 3 heterocycles. The molecule has 7 nitrogen and oxygen atoms in total. The van der Waals surface area contributed by atoms with Crippen LogP contribution in [-0.4, -0.2) is 39.0 Å². The highest BCUT2D eigenvalue weighted by Gasteiger charge is 2.32. The smallest absolute Gasteiger partial charge is 0.322 e. The molecule has 0 aliphatic heterocycles. The molecule has 10 heteroatoms. The first-order valence-electron chi connectivity index (χ1n) is 6.71. The van der Waals surface area contributed by atoms with Gasteiger partial charge in [-0.2, -0.15) is 23.8 Å². The van der Waals surface area contributed by atoms with E-state index in [1.54, 1.807) is 10.7 Å². The van der Waals surface area contributed by atoms with Crippen LogP contribution < -0.4 is 4.90 Å². The Morgan fingerprint density at radius 3 is 2.78 bits per heavy atom. The average molecular weight is 340 g/mol. The van der Waals surface area contributed by atoms with Crippen LogP contribution in [0, 0.1) is 0 Å². The molecule has 0 aliphatic carbocycles. The number of alkyl halides is 2. The van der Waals surface area contributed by atoms with Gasteiger partial charge in [-0.25, -0.2) is 4.68 Å². The Bertz CT molecular complexity index is 803. The zero-order valence-electron chi connectivity index (χ0n) is 12.7. The SMILES string of the molecule is CN(C)c1ncnn1Cc1ccc(-c2noc(C(C)(F)F)n2)s1. The van der Waals surface area contributed by atoms with Crippen LogP contribution in [0.1, 0.15) is 17.7 Å². The topological polar surface area (TPSA) is 72.9 Å². The second-order valence-electron chi connectivity index (χ2n) is 5.19. The van der Waals surface area contributed by atoms with Crippen molar-refractivity contribution in [3.63, 3.8) is 0 Å². The third kappa shape index (κ3) is 3.21. The predicted molar refractivity (Wildman–Crippen MR) is 80.6 cm³/mol. The molecule has 0 radical (unpaired) electrons. The lowest BCUT2D eigenvalue weighted by Crippen LogP contribution is -2.16. The minimum Gasteiger partial charge on any atom is -0.347 e. The van der Waals surface area contributed by atoms with E-state index in [0.29, 0.717) is 11.4 Å². The maximum atomic E-state index is 13.1. The number of halogens is 2. The number of nitrogens with zero attached hydrogens (tertiary/aromatic N) is 6. The Balaban J connectivity index is 1.81. The van der Waals surface area contributed by atoms with E-state index in [1.807, 2.05) is 25.1 Å². The molecule has 122 valence electrons. The second-order valence-corrected chi connectivity index (χ2v) is 6.36. The van der Waals surface area contributed by atoms with Crippen molar-refractivity contribution in [1.82, 2.24) is 24.9 Å². The molecule has 0 N–H and O–H groups in total. The highest BCUT2D eigenvalue weighted by molar-refractivity contribution is 7.15. The molecule has 0 atom stereocenters. The Hall–Kier alpha value is -2.36. The van der Waals surface area contributed by atoms with Crippen LogP contribution in [0.4, 0.5) is 14.7 Å². The van der Waals surface area contributed by atoms with Crippen molar-refractivity contribution < 1.29 is 13.3 Å². The number of hydrogen-bond acceptors (Lipinski definition) is 7. The first kappa shape index (κ1) is 15.5. The summed E-state index contributed by atoms with van der Waals surface area (Å²) in [7, 11) is 3.76. The van der Waals surface area contributed by atoms with Crippen molar-refractivity contribution in [3.05, 3.63) is 29.2 Å². The van der Waals surface area contributed by atoms with Gasteiger partial charge in [-0.05, 0) is 12.1 Å². The summed E-state index contributed by atoms with van der Waals surface area (Å²) < 4.78 is 32.6. The molecule has 0 saturated heterocycles. The minimum atomic E-state index is -3.15. The van der Waals surface area contributed by atoms with Gasteiger partial charge in [0, 0.05) is 25.9 Å². The zero-order valence-corrected chi connectivity index (χ0v) is 13.5. The molecule has 0 spiro atoms. The number of aromatic nitrogens is 5. The first-order valence-corrected chi connectivity index (χ1v) is 7.52. The van der Waals surface area contributed by atoms with E-state index in [-0.39, 0.29) is 5.82 Å². The van der Waals surface area contributed by atoms with Gasteiger partial charge in [0.1, 0.15) is 6.33 Å². The Morgan fingerprint density at radius 2 is 2.13 bits per heavy atom. The molecule has 0 saturated carbocycles. The van der Waals surface area contributed by atoms with Gasteiger partial charge in [0.25, 0.3) is 5.89 Å². The standard InChI is InChI=1S/C13H14F2N6OS/c1-13(14,15)11-18-10(19-22-11)9-5-4-8(23-9)6-21-12(20(2)3)16-7-17-21/h4-5,7H,6H2,1-3H3. The van der Waals surface area contributed by atoms with E-state index in [2.05, 4.69) is 24.7 Å². The van der Waals surface area contributed by atoms with Gasteiger partial charge in [0.2, 0.25) is 11.8 Å². The number of thiophene rings is 1. The zero-order chi connectivity index (χ0) is 16.6. The summed E-state index contributed by atoms with van der Waals surface area (Å²) in [4.78, 5) is 11.4. The molecule has 23 heavy (non-hydrogen) atoms. The molecule has 3 aromatic rings. The Morgan fingerprint density at radius 1 is 1.35 bits per heavy atom. The Labute approximate surface area is 134 Å². The summed E-state index contributed by atoms with van der Waals surface area (Å²) in [5, 5.41) is 7.78. The molecule has 0 aromatic carbocycles. The van der Waals surface area contributed by atoms with E-state index < -0.39 is 11.8 Å². The minimum absolute atomic E-state index is 0.157. The maximum Gasteiger partial charge on any atom is 0.322 e. The highest BCUT2D eigenvalue weighted by Crippen LogP contribution is 2.30. The van der Waals surface area contributed by atoms with Crippen molar-refractivity contribution >= 4 is 17.3 Å². The molecular weight excluding hydrogens is 326 g/mol. The van der Waals surface area contributed by atoms with Gasteiger partial charge in [0.05, 0.1) is 11.4 Å². The van der Waals surface area contributed by atoms with Crippen molar-refractivity contribution in [1.29, 1.82) is 0 Å². The van der Waals surface area contributed by atoms with Crippen LogP contribution in [0.3, 0.4) is 0 Å². The van der Waals surface area contributed by atoms with Crippen LogP contribution in [-0.2, 0) is 12.5 Å². The third-order valence-electron chi connectivity index (χ3n) is 2.98. The van der Waals surface area contributed by atoms with Crippen LogP contribution >= 0.6 is 11.3 Å². The van der Waals surface area contributed by atoms with Crippen molar-refractivity contribution in [2.24, 2.45) is 0 Å². The van der Waals surface area contributed by atoms with Crippen LogP contribution in [0.5, 0.6) is 0 Å². The fraction of sp³-hybridized carbons (Fsp3) is 0.385. The molecule has 0 unspecified atom stereocenters. The number of hydrogen-bond donors (Lipinski definition) is 0. The van der Waals surface area contributed by atoms with Crippen LogP contribution in [0.2, 0.25) is 0 Å². The first-order chi connectivity index (χ1) is 10.8. The van der Waals surface area contributed by atoms with E-state index >= 15 is 0 Å². The molecule has 0 amide bonds. The largest absolute Gasteiger partial charge is 0.347 e. The van der Waals surface area contributed by atoms with Crippen LogP contribution in [0.25, 0.3) is 10.7 Å². The highest BCUT2D eigenvalue weighted by atomic mass is 32.1. The van der Waals surface area contributed by atoms with Crippen molar-refractivity contribution in [3.8, 4) is 10.7 Å². The van der Waals surface area contributed by atoms with E-state index in [1.165, 1.54) is 17.7 Å². The van der Waals surface area contributed by atoms with Crippen molar-refractivity contribution in [2.75, 3.05) is 19.0 Å². The lowest BCUT2D eigenvalue weighted by molar-refractivity contribution is -0.0158. The Kier molecular flexibility index (Phi) is 3.84. The lowest BCUT2D eigenvalue weighted by Gasteiger charge is -2.11. The molecule has 3 rings (SSSR count). The van der Waals surface area contributed by atoms with Gasteiger partial charge in [-0.3, -0.25) is 0 Å². The quantitative estimate of drug-likeness (QED) is 0.711. The fourth-order valence-electron chi connectivity index (χ4n) is 1.95. The third-order valence-corrected chi connectivity index (χ3v) is 4.05. The van der Waals surface area contributed by atoms with Crippen molar-refractivity contribution in [2.45, 2.75) is 19.4 Å². The lowest BCUT2D eigenvalue weighted by atomic mass is 10.4. The van der Waals surface area contributed by atoms with Gasteiger partial charge in [-0.1, -0.05) is 5.16 Å². The predicted octanol–water partition coefficient (Wildman–Crippen LogP) is 2.62. The van der Waals surface area contributed by atoms with Crippen LogP contribution in [0.15, 0.2) is 23.0 Å². The average Bonchev–Trinajstić information content (AvgIpc) is 3.17. The molecular formula is C13H14F2N6OS. The molecule has 0 aliphatic rings. The summed E-state index contributed by atoms with van der Waals surface area (Å²) in [5.41, 5.74) is 0. The molecule has 0 bridgehead atoms. The van der Waals surface area contributed by atoms with E-state index in [9.17, 15) is 8.78 Å².